The van der Waals surface area contributed by atoms with Crippen LogP contribution in [0.4, 0.5) is 17.6 Å². The summed E-state index contributed by atoms with van der Waals surface area (Å²) in [4.78, 5) is 25.9. The van der Waals surface area contributed by atoms with Crippen molar-refractivity contribution in [2.75, 3.05) is 14.2 Å². The minimum Gasteiger partial charge on any atom is -0.496 e. The molecule has 1 aromatic heterocycles. The first-order chi connectivity index (χ1) is 23.2. The number of rotatable bonds is 14. The zero-order chi connectivity index (χ0) is 35.9. The van der Waals surface area contributed by atoms with Crippen LogP contribution in [0.2, 0.25) is 0 Å². The number of nitrogens with one attached hydrogen (secondary N) is 1. The van der Waals surface area contributed by atoms with E-state index in [1.165, 1.54) is 31.4 Å². The predicted octanol–water partition coefficient (Wildman–Crippen LogP) is 7.11. The standard InChI is InChI=1S/C37H40F4N2O6/c1-22(2)43-30(16-15-27(44)19-28(45)20-32(46)49-4)33(25-11-13-26(38)14-12-25)34(24-8-6-5-7-9-24)35(43)36(47)42-21-23-10-17-31(48-3)29(18-23)37(39,40)41/h5-14,17-18,22,27-28,44-45H,15-16,19-21H2,1-4H3,(H,42,47)/t27-,28-/m1/s1. The zero-order valence-electron chi connectivity index (χ0n) is 27.7. The second kappa shape index (κ2) is 16.1. The summed E-state index contributed by atoms with van der Waals surface area (Å²) in [5.74, 6) is -1.96. The molecule has 1 heterocycles. The van der Waals surface area contributed by atoms with E-state index < -0.39 is 41.6 Å². The second-order valence-electron chi connectivity index (χ2n) is 12.0. The van der Waals surface area contributed by atoms with E-state index in [4.69, 9.17) is 4.74 Å². The average molecular weight is 685 g/mol. The van der Waals surface area contributed by atoms with Crippen LogP contribution in [0.5, 0.6) is 5.75 Å². The van der Waals surface area contributed by atoms with Gasteiger partial charge in [-0.3, -0.25) is 9.59 Å². The molecule has 0 saturated carbocycles. The lowest BCUT2D eigenvalue weighted by atomic mass is 9.92. The normalized spacial score (nSPS) is 12.9. The largest absolute Gasteiger partial charge is 0.496 e. The number of aliphatic hydroxyl groups is 2. The summed E-state index contributed by atoms with van der Waals surface area (Å²) < 4.78 is 66.6. The third-order valence-corrected chi connectivity index (χ3v) is 8.14. The summed E-state index contributed by atoms with van der Waals surface area (Å²) >= 11 is 0. The van der Waals surface area contributed by atoms with E-state index in [1.807, 2.05) is 36.6 Å². The summed E-state index contributed by atoms with van der Waals surface area (Å²) in [7, 11) is 2.36. The molecule has 0 fully saturated rings. The zero-order valence-corrected chi connectivity index (χ0v) is 27.7. The highest BCUT2D eigenvalue weighted by molar-refractivity contribution is 6.05. The molecule has 12 heteroatoms. The first-order valence-corrected chi connectivity index (χ1v) is 15.8. The van der Waals surface area contributed by atoms with Crippen molar-refractivity contribution in [1.82, 2.24) is 9.88 Å². The van der Waals surface area contributed by atoms with E-state index in [9.17, 15) is 37.4 Å². The van der Waals surface area contributed by atoms with Crippen LogP contribution in [0, 0.1) is 5.82 Å². The first-order valence-electron chi connectivity index (χ1n) is 15.8. The fourth-order valence-corrected chi connectivity index (χ4v) is 5.94. The molecule has 1 amide bonds. The lowest BCUT2D eigenvalue weighted by molar-refractivity contribution is -0.143. The predicted molar refractivity (Wildman–Crippen MR) is 176 cm³/mol. The van der Waals surface area contributed by atoms with Crippen molar-refractivity contribution >= 4 is 11.9 Å². The molecular formula is C37H40F4N2O6. The molecule has 0 bridgehead atoms. The molecule has 4 rings (SSSR count). The molecule has 0 unspecified atom stereocenters. The van der Waals surface area contributed by atoms with E-state index in [1.54, 1.807) is 24.3 Å². The summed E-state index contributed by atoms with van der Waals surface area (Å²) in [6.45, 7) is 3.53. The van der Waals surface area contributed by atoms with Gasteiger partial charge in [0.15, 0.2) is 0 Å². The van der Waals surface area contributed by atoms with Crippen molar-refractivity contribution in [3.63, 3.8) is 0 Å². The molecule has 0 spiro atoms. The number of nitrogens with zero attached hydrogens (tertiary/aromatic N) is 1. The maximum absolute atomic E-state index is 14.2. The van der Waals surface area contributed by atoms with Crippen molar-refractivity contribution in [1.29, 1.82) is 0 Å². The molecular weight excluding hydrogens is 644 g/mol. The number of aromatic nitrogens is 1. The van der Waals surface area contributed by atoms with Crippen LogP contribution < -0.4 is 10.1 Å². The Labute approximate surface area is 282 Å². The fourth-order valence-electron chi connectivity index (χ4n) is 5.94. The molecule has 0 radical (unpaired) electrons. The number of benzene rings is 3. The Morgan fingerprint density at radius 1 is 0.898 bits per heavy atom. The maximum atomic E-state index is 14.2. The number of halogens is 4. The van der Waals surface area contributed by atoms with Gasteiger partial charge < -0.3 is 29.6 Å². The van der Waals surface area contributed by atoms with Gasteiger partial charge in [0, 0.05) is 29.4 Å². The second-order valence-corrected chi connectivity index (χ2v) is 12.0. The number of alkyl halides is 3. The van der Waals surface area contributed by atoms with Crippen molar-refractivity contribution < 1.29 is 46.8 Å². The number of hydrogen-bond acceptors (Lipinski definition) is 6. The minimum absolute atomic E-state index is 0.0932. The van der Waals surface area contributed by atoms with Crippen LogP contribution in [0.1, 0.15) is 66.5 Å². The molecule has 49 heavy (non-hydrogen) atoms. The number of methoxy groups -OCH3 is 2. The van der Waals surface area contributed by atoms with Crippen LogP contribution in [0.25, 0.3) is 22.3 Å². The SMILES string of the molecule is COC(=O)C[C@H](O)C[C@H](O)CCc1c(-c2ccc(F)cc2)c(-c2ccccc2)c(C(=O)NCc2ccc(OC)c(C(F)(F)F)c2)n1C(C)C. The molecule has 262 valence electrons. The third-order valence-electron chi connectivity index (χ3n) is 8.14. The van der Waals surface area contributed by atoms with Crippen LogP contribution >= 0.6 is 0 Å². The van der Waals surface area contributed by atoms with Crippen molar-refractivity contribution in [3.05, 3.63) is 101 Å². The molecule has 0 aliphatic carbocycles. The smallest absolute Gasteiger partial charge is 0.419 e. The highest BCUT2D eigenvalue weighted by Crippen LogP contribution is 2.43. The van der Waals surface area contributed by atoms with Crippen LogP contribution in [0.15, 0.2) is 72.8 Å². The lowest BCUT2D eigenvalue weighted by Crippen LogP contribution is -2.27. The van der Waals surface area contributed by atoms with Crippen LogP contribution in [-0.2, 0) is 28.7 Å². The Morgan fingerprint density at radius 3 is 2.14 bits per heavy atom. The summed E-state index contributed by atoms with van der Waals surface area (Å²) in [6, 6.07) is 18.2. The Kier molecular flexibility index (Phi) is 12.2. The van der Waals surface area contributed by atoms with Gasteiger partial charge in [-0.2, -0.15) is 13.2 Å². The fraction of sp³-hybridized carbons (Fsp3) is 0.351. The maximum Gasteiger partial charge on any atom is 0.419 e. The molecule has 3 aromatic carbocycles. The monoisotopic (exact) mass is 684 g/mol. The van der Waals surface area contributed by atoms with Gasteiger partial charge in [0.1, 0.15) is 17.3 Å². The van der Waals surface area contributed by atoms with Gasteiger partial charge in [0.05, 0.1) is 38.4 Å². The molecule has 0 aliphatic heterocycles. The third kappa shape index (κ3) is 9.07. The van der Waals surface area contributed by atoms with Gasteiger partial charge in [0.2, 0.25) is 0 Å². The van der Waals surface area contributed by atoms with Crippen LogP contribution in [-0.4, -0.2) is 53.1 Å². The van der Waals surface area contributed by atoms with Crippen LogP contribution in [0.3, 0.4) is 0 Å². The Hall–Kier alpha value is -4.68. The first kappa shape index (κ1) is 37.1. The van der Waals surface area contributed by atoms with Crippen molar-refractivity contribution in [2.24, 2.45) is 0 Å². The van der Waals surface area contributed by atoms with Gasteiger partial charge >= 0.3 is 12.1 Å². The number of amides is 1. The lowest BCUT2D eigenvalue weighted by Gasteiger charge is -2.20. The number of aliphatic hydroxyl groups excluding tert-OH is 2. The summed E-state index contributed by atoms with van der Waals surface area (Å²) in [5.41, 5.74) is 2.55. The molecule has 4 aromatic rings. The van der Waals surface area contributed by atoms with Gasteiger partial charge in [-0.15, -0.1) is 0 Å². The van der Waals surface area contributed by atoms with Gasteiger partial charge in [-0.25, -0.2) is 4.39 Å². The number of carbonyl (C=O) groups is 2. The number of carbonyl (C=O) groups excluding carboxylic acids is 2. The molecule has 0 aliphatic rings. The molecule has 8 nitrogen and oxygen atoms in total. The quantitative estimate of drug-likeness (QED) is 0.0966. The van der Waals surface area contributed by atoms with Crippen molar-refractivity contribution in [3.8, 4) is 28.0 Å². The van der Waals surface area contributed by atoms with E-state index in [-0.39, 0.29) is 55.3 Å². The Morgan fingerprint density at radius 2 is 1.55 bits per heavy atom. The Balaban J connectivity index is 1.82. The van der Waals surface area contributed by atoms with Crippen molar-refractivity contribution in [2.45, 2.75) is 70.5 Å². The van der Waals surface area contributed by atoms with E-state index >= 15 is 0 Å². The Bertz CT molecular complexity index is 1740. The summed E-state index contributed by atoms with van der Waals surface area (Å²) in [6.07, 6.45) is -6.83. The topological polar surface area (TPSA) is 110 Å². The minimum atomic E-state index is -4.67. The molecule has 3 N–H and O–H groups in total. The highest BCUT2D eigenvalue weighted by Gasteiger charge is 2.35. The van der Waals surface area contributed by atoms with E-state index in [0.29, 0.717) is 27.9 Å². The van der Waals surface area contributed by atoms with E-state index in [0.717, 1.165) is 13.2 Å². The van der Waals surface area contributed by atoms with Gasteiger partial charge in [-0.1, -0.05) is 48.5 Å². The molecule has 2 atom stereocenters. The van der Waals surface area contributed by atoms with E-state index in [2.05, 4.69) is 10.1 Å². The molecule has 0 saturated heterocycles. The average Bonchev–Trinajstić information content (AvgIpc) is 3.41. The van der Waals surface area contributed by atoms with Gasteiger partial charge in [0.25, 0.3) is 5.91 Å². The summed E-state index contributed by atoms with van der Waals surface area (Å²) in [5, 5.41) is 24.0. The highest BCUT2D eigenvalue weighted by atomic mass is 19.4. The number of esters is 1. The van der Waals surface area contributed by atoms with Gasteiger partial charge in [-0.05, 0) is 74.1 Å². The number of hydrogen-bond donors (Lipinski definition) is 3. The number of ether oxygens (including phenoxy) is 2.